The summed E-state index contributed by atoms with van der Waals surface area (Å²) in [5.74, 6) is 2.86. The van der Waals surface area contributed by atoms with Crippen LogP contribution < -0.4 is 5.32 Å². The highest BCUT2D eigenvalue weighted by Gasteiger charge is 2.14. The predicted molar refractivity (Wildman–Crippen MR) is 119 cm³/mol. The third-order valence-electron chi connectivity index (χ3n) is 5.08. The molecule has 0 amide bonds. The Morgan fingerprint density at radius 3 is 2.77 bits per heavy atom. The molecule has 0 radical (unpaired) electrons. The van der Waals surface area contributed by atoms with Crippen LogP contribution in [0.2, 0.25) is 0 Å². The van der Waals surface area contributed by atoms with Crippen molar-refractivity contribution in [2.24, 2.45) is 10.9 Å². The summed E-state index contributed by atoms with van der Waals surface area (Å²) < 4.78 is 2.12. The molecule has 1 heterocycles. The van der Waals surface area contributed by atoms with Crippen molar-refractivity contribution in [3.05, 3.63) is 12.2 Å². The summed E-state index contributed by atoms with van der Waals surface area (Å²) in [6, 6.07) is 0. The van der Waals surface area contributed by atoms with Gasteiger partial charge in [0.1, 0.15) is 12.2 Å². The Hall–Kier alpha value is -0.860. The van der Waals surface area contributed by atoms with E-state index in [0.717, 1.165) is 50.3 Å². The molecule has 0 aliphatic heterocycles. The fourth-order valence-electron chi connectivity index (χ4n) is 3.43. The molecule has 1 aromatic rings. The van der Waals surface area contributed by atoms with E-state index in [0.29, 0.717) is 0 Å². The maximum absolute atomic E-state index is 4.95. The van der Waals surface area contributed by atoms with Crippen LogP contribution in [0.1, 0.15) is 64.6 Å². The van der Waals surface area contributed by atoms with Gasteiger partial charge in [0.2, 0.25) is 0 Å². The third kappa shape index (κ3) is 7.80. The van der Waals surface area contributed by atoms with Gasteiger partial charge in [0.05, 0.1) is 0 Å². The van der Waals surface area contributed by atoms with Gasteiger partial charge in [-0.05, 0) is 25.2 Å². The fourth-order valence-corrected chi connectivity index (χ4v) is 3.43. The highest BCUT2D eigenvalue weighted by atomic mass is 127. The molecule has 0 atom stereocenters. The minimum atomic E-state index is 0. The first-order chi connectivity index (χ1) is 12.2. The number of unbranched alkanes of at least 4 members (excludes halogenated alkanes) is 1. The third-order valence-corrected chi connectivity index (χ3v) is 5.08. The van der Waals surface area contributed by atoms with E-state index in [9.17, 15) is 0 Å². The average Bonchev–Trinajstić information content (AvgIpc) is 3.10. The first-order valence-corrected chi connectivity index (χ1v) is 10.1. The molecule has 1 fully saturated rings. The van der Waals surface area contributed by atoms with E-state index in [4.69, 9.17) is 4.99 Å². The molecule has 0 saturated heterocycles. The molecule has 0 bridgehead atoms. The number of hydrogen-bond donors (Lipinski definition) is 1. The summed E-state index contributed by atoms with van der Waals surface area (Å²) in [7, 11) is 2.15. The molecule has 2 rings (SSSR count). The van der Waals surface area contributed by atoms with Crippen LogP contribution in [0.5, 0.6) is 0 Å². The topological polar surface area (TPSA) is 58.3 Å². The van der Waals surface area contributed by atoms with Crippen LogP contribution in [0.4, 0.5) is 0 Å². The SMILES string of the molecule is CCCCN(C)C(=NCC1CCCCC1)NCCn1cnnc1CC.I. The lowest BCUT2D eigenvalue weighted by molar-refractivity contribution is 0.363. The molecule has 0 spiro atoms. The molecular weight excluding hydrogens is 439 g/mol. The van der Waals surface area contributed by atoms with Crippen molar-refractivity contribution < 1.29 is 0 Å². The van der Waals surface area contributed by atoms with Crippen LogP contribution in [-0.2, 0) is 13.0 Å². The van der Waals surface area contributed by atoms with Crippen molar-refractivity contribution in [1.29, 1.82) is 0 Å². The van der Waals surface area contributed by atoms with Crippen LogP contribution in [0.15, 0.2) is 11.3 Å². The number of halogens is 1. The number of hydrogen-bond acceptors (Lipinski definition) is 3. The number of aliphatic imine (C=N–C) groups is 1. The molecule has 1 aromatic heterocycles. The lowest BCUT2D eigenvalue weighted by atomic mass is 9.89. The van der Waals surface area contributed by atoms with Gasteiger partial charge in [-0.2, -0.15) is 0 Å². The number of rotatable bonds is 9. The predicted octanol–water partition coefficient (Wildman–Crippen LogP) is 3.72. The maximum atomic E-state index is 4.95. The van der Waals surface area contributed by atoms with E-state index in [1.165, 1.54) is 44.9 Å². The van der Waals surface area contributed by atoms with Gasteiger partial charge in [-0.3, -0.25) is 4.99 Å². The highest BCUT2D eigenvalue weighted by Crippen LogP contribution is 2.23. The van der Waals surface area contributed by atoms with Crippen LogP contribution in [0, 0.1) is 5.92 Å². The van der Waals surface area contributed by atoms with Gasteiger partial charge < -0.3 is 14.8 Å². The van der Waals surface area contributed by atoms with Crippen molar-refractivity contribution in [2.75, 3.05) is 26.7 Å². The van der Waals surface area contributed by atoms with E-state index >= 15 is 0 Å². The van der Waals surface area contributed by atoms with E-state index in [1.54, 1.807) is 0 Å². The number of nitrogens with zero attached hydrogens (tertiary/aromatic N) is 5. The first kappa shape index (κ1) is 23.2. The standard InChI is InChI=1S/C19H36N6.HI/c1-4-6-13-24(3)19(21-15-17-10-8-7-9-11-17)20-12-14-25-16-22-23-18(25)5-2;/h16-17H,4-15H2,1-3H3,(H,20,21);1H. The summed E-state index contributed by atoms with van der Waals surface area (Å²) in [5, 5.41) is 11.7. The Balaban J connectivity index is 0.00000338. The van der Waals surface area contributed by atoms with E-state index < -0.39 is 0 Å². The van der Waals surface area contributed by atoms with Crippen LogP contribution >= 0.6 is 24.0 Å². The Bertz CT molecular complexity index is 510. The smallest absolute Gasteiger partial charge is 0.193 e. The molecule has 1 N–H and O–H groups in total. The molecule has 0 aromatic carbocycles. The minimum Gasteiger partial charge on any atom is -0.354 e. The second-order valence-electron chi connectivity index (χ2n) is 7.16. The Morgan fingerprint density at radius 1 is 1.31 bits per heavy atom. The van der Waals surface area contributed by atoms with Gasteiger partial charge in [-0.25, -0.2) is 0 Å². The van der Waals surface area contributed by atoms with Gasteiger partial charge in [0.15, 0.2) is 5.96 Å². The Morgan fingerprint density at radius 2 is 2.08 bits per heavy atom. The lowest BCUT2D eigenvalue weighted by Gasteiger charge is -2.25. The summed E-state index contributed by atoms with van der Waals surface area (Å²) in [4.78, 5) is 7.23. The first-order valence-electron chi connectivity index (χ1n) is 10.1. The zero-order valence-corrected chi connectivity index (χ0v) is 19.1. The van der Waals surface area contributed by atoms with Crippen molar-refractivity contribution >= 4 is 29.9 Å². The van der Waals surface area contributed by atoms with Crippen LogP contribution in [0.25, 0.3) is 0 Å². The zero-order chi connectivity index (χ0) is 17.9. The number of nitrogens with one attached hydrogen (secondary N) is 1. The van der Waals surface area contributed by atoms with E-state index in [-0.39, 0.29) is 24.0 Å². The molecule has 6 nitrogen and oxygen atoms in total. The van der Waals surface area contributed by atoms with Crippen molar-refractivity contribution in [1.82, 2.24) is 25.0 Å². The Labute approximate surface area is 176 Å². The number of aryl methyl sites for hydroxylation is 1. The molecule has 1 aliphatic rings. The number of aromatic nitrogens is 3. The summed E-state index contributed by atoms with van der Waals surface area (Å²) in [6.07, 6.45) is 12.0. The maximum Gasteiger partial charge on any atom is 0.193 e. The Kier molecular flexibility index (Phi) is 11.9. The molecular formula is C19H37IN6. The normalized spacial score (nSPS) is 15.6. The highest BCUT2D eigenvalue weighted by molar-refractivity contribution is 14.0. The minimum absolute atomic E-state index is 0. The monoisotopic (exact) mass is 476 g/mol. The molecule has 7 heteroatoms. The van der Waals surface area contributed by atoms with Crippen molar-refractivity contribution in [3.8, 4) is 0 Å². The van der Waals surface area contributed by atoms with E-state index in [2.05, 4.69) is 45.9 Å². The van der Waals surface area contributed by atoms with Crippen LogP contribution in [0.3, 0.4) is 0 Å². The van der Waals surface area contributed by atoms with Crippen molar-refractivity contribution in [3.63, 3.8) is 0 Å². The second-order valence-corrected chi connectivity index (χ2v) is 7.16. The van der Waals surface area contributed by atoms with Crippen LogP contribution in [-0.4, -0.2) is 52.3 Å². The quantitative estimate of drug-likeness (QED) is 0.336. The van der Waals surface area contributed by atoms with Gasteiger partial charge in [-0.15, -0.1) is 34.2 Å². The van der Waals surface area contributed by atoms with Crippen molar-refractivity contribution in [2.45, 2.75) is 71.8 Å². The molecule has 150 valence electrons. The van der Waals surface area contributed by atoms with E-state index in [1.807, 2.05) is 6.33 Å². The van der Waals surface area contributed by atoms with Gasteiger partial charge in [-0.1, -0.05) is 39.5 Å². The lowest BCUT2D eigenvalue weighted by Crippen LogP contribution is -2.41. The largest absolute Gasteiger partial charge is 0.354 e. The summed E-state index contributed by atoms with van der Waals surface area (Å²) in [5.41, 5.74) is 0. The van der Waals surface area contributed by atoms with Gasteiger partial charge in [0.25, 0.3) is 0 Å². The fraction of sp³-hybridized carbons (Fsp3) is 0.842. The second kappa shape index (κ2) is 13.3. The van der Waals surface area contributed by atoms with Gasteiger partial charge >= 0.3 is 0 Å². The molecule has 26 heavy (non-hydrogen) atoms. The van der Waals surface area contributed by atoms with Gasteiger partial charge in [0, 0.05) is 39.6 Å². The summed E-state index contributed by atoms with van der Waals surface area (Å²) >= 11 is 0. The number of guanidine groups is 1. The molecule has 0 unspecified atom stereocenters. The average molecular weight is 476 g/mol. The molecule has 1 aliphatic carbocycles. The molecule has 1 saturated carbocycles. The summed E-state index contributed by atoms with van der Waals surface area (Å²) in [6.45, 7) is 8.10. The zero-order valence-electron chi connectivity index (χ0n) is 16.8.